The van der Waals surface area contributed by atoms with Crippen LogP contribution in [-0.4, -0.2) is 6.09 Å². The Hall–Kier alpha value is -2.73. The van der Waals surface area contributed by atoms with E-state index in [-0.39, 0.29) is 11.5 Å². The highest BCUT2D eigenvalue weighted by Gasteiger charge is 2.17. The zero-order valence-electron chi connectivity index (χ0n) is 15.2. The lowest BCUT2D eigenvalue weighted by molar-refractivity contribution is 0.120. The summed E-state index contributed by atoms with van der Waals surface area (Å²) in [6.45, 7) is 8.01. The molecule has 0 unspecified atom stereocenters. The minimum atomic E-state index is -0.594. The molecule has 2 atom stereocenters. The standard InChI is InChI=1S/C22H25NO2/c1-17(18-11-7-5-8-12-18)23-21(24)25-20(15-16-22(2,3)4)19-13-9-6-10-14-19/h5-14,17,20H,1-4H3,(H,23,24)/t17-,20-/m0/s1. The number of carbonyl (C=O) groups excluding carboxylic acids is 1. The summed E-state index contributed by atoms with van der Waals surface area (Å²) in [5.41, 5.74) is 1.72. The quantitative estimate of drug-likeness (QED) is 0.774. The number of hydrogen-bond donors (Lipinski definition) is 1. The Morgan fingerprint density at radius 1 is 0.960 bits per heavy atom. The molecule has 0 saturated carbocycles. The molecular weight excluding hydrogens is 310 g/mol. The van der Waals surface area contributed by atoms with Crippen molar-refractivity contribution in [2.24, 2.45) is 5.41 Å². The average Bonchev–Trinajstić information content (AvgIpc) is 2.59. The first-order chi connectivity index (χ1) is 11.8. The minimum absolute atomic E-state index is 0.138. The van der Waals surface area contributed by atoms with Crippen molar-refractivity contribution in [1.82, 2.24) is 5.32 Å². The van der Waals surface area contributed by atoms with E-state index in [1.807, 2.05) is 88.4 Å². The lowest BCUT2D eigenvalue weighted by Gasteiger charge is -2.18. The maximum absolute atomic E-state index is 12.3. The van der Waals surface area contributed by atoms with Crippen molar-refractivity contribution in [3.63, 3.8) is 0 Å². The third-order valence-electron chi connectivity index (χ3n) is 3.54. The third kappa shape index (κ3) is 6.35. The number of rotatable bonds is 4. The molecule has 1 N–H and O–H groups in total. The van der Waals surface area contributed by atoms with E-state index in [1.165, 1.54) is 0 Å². The SMILES string of the molecule is C[C@H](NC(=O)O[C@@H](C#CC(C)(C)C)c1ccccc1)c1ccccc1. The topological polar surface area (TPSA) is 38.3 Å². The summed E-state index contributed by atoms with van der Waals surface area (Å²) < 4.78 is 5.60. The summed E-state index contributed by atoms with van der Waals surface area (Å²) in [5, 5.41) is 2.86. The van der Waals surface area contributed by atoms with E-state index in [4.69, 9.17) is 4.74 Å². The van der Waals surface area contributed by atoms with Gasteiger partial charge in [-0.2, -0.15) is 0 Å². The molecule has 2 rings (SSSR count). The summed E-state index contributed by atoms with van der Waals surface area (Å²) in [7, 11) is 0. The Bertz CT molecular complexity index is 736. The van der Waals surface area contributed by atoms with Crippen molar-refractivity contribution in [1.29, 1.82) is 0 Å². The van der Waals surface area contributed by atoms with Crippen LogP contribution in [0, 0.1) is 17.3 Å². The maximum Gasteiger partial charge on any atom is 0.409 e. The second-order valence-electron chi connectivity index (χ2n) is 6.99. The van der Waals surface area contributed by atoms with Gasteiger partial charge in [0.1, 0.15) is 0 Å². The predicted octanol–water partition coefficient (Wildman–Crippen LogP) is 5.26. The number of nitrogens with one attached hydrogen (secondary N) is 1. The van der Waals surface area contributed by atoms with Crippen molar-refractivity contribution in [3.05, 3.63) is 71.8 Å². The molecule has 0 bridgehead atoms. The zero-order chi connectivity index (χ0) is 18.3. The normalized spacial score (nSPS) is 13.1. The second-order valence-corrected chi connectivity index (χ2v) is 6.99. The zero-order valence-corrected chi connectivity index (χ0v) is 15.2. The van der Waals surface area contributed by atoms with Gasteiger partial charge in [-0.25, -0.2) is 4.79 Å². The van der Waals surface area contributed by atoms with Gasteiger partial charge in [-0.05, 0) is 33.3 Å². The number of benzene rings is 2. The highest BCUT2D eigenvalue weighted by Crippen LogP contribution is 2.20. The predicted molar refractivity (Wildman–Crippen MR) is 101 cm³/mol. The van der Waals surface area contributed by atoms with E-state index in [2.05, 4.69) is 17.2 Å². The Balaban J connectivity index is 2.10. The van der Waals surface area contributed by atoms with Gasteiger partial charge in [-0.15, -0.1) is 0 Å². The van der Waals surface area contributed by atoms with E-state index in [0.717, 1.165) is 11.1 Å². The Labute approximate surface area is 150 Å². The fraction of sp³-hybridized carbons (Fsp3) is 0.318. The van der Waals surface area contributed by atoms with Gasteiger partial charge in [0.05, 0.1) is 6.04 Å². The van der Waals surface area contributed by atoms with Gasteiger partial charge in [0.2, 0.25) is 0 Å². The molecule has 1 amide bonds. The van der Waals surface area contributed by atoms with E-state index >= 15 is 0 Å². The highest BCUT2D eigenvalue weighted by molar-refractivity contribution is 5.68. The number of amides is 1. The van der Waals surface area contributed by atoms with E-state index < -0.39 is 12.2 Å². The summed E-state index contributed by atoms with van der Waals surface area (Å²) in [6.07, 6.45) is -1.07. The van der Waals surface area contributed by atoms with Gasteiger partial charge in [0, 0.05) is 11.0 Å². The monoisotopic (exact) mass is 335 g/mol. The largest absolute Gasteiger partial charge is 0.428 e. The van der Waals surface area contributed by atoms with Gasteiger partial charge in [0.15, 0.2) is 6.10 Å². The van der Waals surface area contributed by atoms with Gasteiger partial charge in [-0.3, -0.25) is 0 Å². The van der Waals surface area contributed by atoms with E-state index in [0.29, 0.717) is 0 Å². The van der Waals surface area contributed by atoms with Crippen LogP contribution in [0.1, 0.15) is 51.0 Å². The molecule has 0 radical (unpaired) electrons. The molecule has 0 heterocycles. The van der Waals surface area contributed by atoms with Crippen molar-refractivity contribution in [2.75, 3.05) is 0 Å². The molecule has 25 heavy (non-hydrogen) atoms. The van der Waals surface area contributed by atoms with Gasteiger partial charge in [-0.1, -0.05) is 72.5 Å². The Kier molecular flexibility index (Phi) is 6.25. The van der Waals surface area contributed by atoms with Gasteiger partial charge < -0.3 is 10.1 Å². The van der Waals surface area contributed by atoms with Crippen LogP contribution >= 0.6 is 0 Å². The first-order valence-corrected chi connectivity index (χ1v) is 8.45. The number of alkyl carbamates (subject to hydrolysis) is 1. The summed E-state index contributed by atoms with van der Waals surface area (Å²) in [5.74, 6) is 6.24. The highest BCUT2D eigenvalue weighted by atomic mass is 16.6. The molecule has 0 aliphatic rings. The summed E-state index contributed by atoms with van der Waals surface area (Å²) >= 11 is 0. The molecule has 2 aromatic rings. The number of ether oxygens (including phenoxy) is 1. The van der Waals surface area contributed by atoms with Crippen molar-refractivity contribution < 1.29 is 9.53 Å². The van der Waals surface area contributed by atoms with Crippen molar-refractivity contribution >= 4 is 6.09 Å². The van der Waals surface area contributed by atoms with Crippen LogP contribution in [0.4, 0.5) is 4.79 Å². The third-order valence-corrected chi connectivity index (χ3v) is 3.54. The molecule has 2 aromatic carbocycles. The summed E-state index contributed by atoms with van der Waals surface area (Å²) in [4.78, 5) is 12.3. The minimum Gasteiger partial charge on any atom is -0.428 e. The van der Waals surface area contributed by atoms with Crippen LogP contribution in [0.25, 0.3) is 0 Å². The molecule has 0 fully saturated rings. The fourth-order valence-corrected chi connectivity index (χ4v) is 2.23. The molecule has 0 aliphatic heterocycles. The molecule has 0 saturated heterocycles. The van der Waals surface area contributed by atoms with Crippen LogP contribution in [0.5, 0.6) is 0 Å². The van der Waals surface area contributed by atoms with Crippen molar-refractivity contribution in [2.45, 2.75) is 39.8 Å². The molecule has 130 valence electrons. The molecule has 0 spiro atoms. The number of carbonyl (C=O) groups is 1. The van der Waals surface area contributed by atoms with Crippen LogP contribution in [0.2, 0.25) is 0 Å². The second kappa shape index (κ2) is 8.39. The van der Waals surface area contributed by atoms with Crippen LogP contribution < -0.4 is 5.32 Å². The molecule has 3 heteroatoms. The molecule has 0 aliphatic carbocycles. The maximum atomic E-state index is 12.3. The lowest BCUT2D eigenvalue weighted by atomic mass is 9.97. The Morgan fingerprint density at radius 2 is 1.48 bits per heavy atom. The van der Waals surface area contributed by atoms with E-state index in [9.17, 15) is 4.79 Å². The Morgan fingerprint density at radius 3 is 2.00 bits per heavy atom. The summed E-state index contributed by atoms with van der Waals surface area (Å²) in [6, 6.07) is 19.2. The van der Waals surface area contributed by atoms with Crippen molar-refractivity contribution in [3.8, 4) is 11.8 Å². The lowest BCUT2D eigenvalue weighted by Crippen LogP contribution is -2.28. The first kappa shape index (κ1) is 18.6. The molecule has 0 aromatic heterocycles. The number of hydrogen-bond acceptors (Lipinski definition) is 2. The molecule has 3 nitrogen and oxygen atoms in total. The molecular formula is C22H25NO2. The van der Waals surface area contributed by atoms with Crippen LogP contribution in [0.15, 0.2) is 60.7 Å². The van der Waals surface area contributed by atoms with Gasteiger partial charge in [0.25, 0.3) is 0 Å². The first-order valence-electron chi connectivity index (χ1n) is 8.45. The fourth-order valence-electron chi connectivity index (χ4n) is 2.23. The van der Waals surface area contributed by atoms with Gasteiger partial charge >= 0.3 is 6.09 Å². The van der Waals surface area contributed by atoms with Crippen LogP contribution in [-0.2, 0) is 4.74 Å². The van der Waals surface area contributed by atoms with Crippen LogP contribution in [0.3, 0.4) is 0 Å². The van der Waals surface area contributed by atoms with E-state index in [1.54, 1.807) is 0 Å². The smallest absolute Gasteiger partial charge is 0.409 e. The average molecular weight is 335 g/mol.